The van der Waals surface area contributed by atoms with E-state index in [4.69, 9.17) is 9.72 Å². The molecule has 0 fully saturated rings. The average Bonchev–Trinajstić information content (AvgIpc) is 2.81. The minimum atomic E-state index is -0.148. The smallest absolute Gasteiger partial charge is 0.266 e. The lowest BCUT2D eigenvalue weighted by Crippen LogP contribution is -2.26. The Balaban J connectivity index is 1.60. The number of carbonyl (C=O) groups is 1. The molecule has 0 saturated heterocycles. The van der Waals surface area contributed by atoms with Gasteiger partial charge in [-0.25, -0.2) is 4.98 Å². The average molecular weight is 460 g/mol. The zero-order valence-corrected chi connectivity index (χ0v) is 19.6. The zero-order valence-electron chi connectivity index (χ0n) is 18.8. The molecule has 4 rings (SSSR count). The Morgan fingerprint density at radius 2 is 1.79 bits per heavy atom. The van der Waals surface area contributed by atoms with Crippen LogP contribution in [0.4, 0.5) is 0 Å². The molecule has 168 valence electrons. The zero-order chi connectivity index (χ0) is 23.4. The van der Waals surface area contributed by atoms with Crippen molar-refractivity contribution in [1.29, 1.82) is 0 Å². The van der Waals surface area contributed by atoms with E-state index < -0.39 is 0 Å². The van der Waals surface area contributed by atoms with E-state index in [9.17, 15) is 9.59 Å². The summed E-state index contributed by atoms with van der Waals surface area (Å²) in [5.74, 6) is 0.741. The van der Waals surface area contributed by atoms with Gasteiger partial charge in [-0.1, -0.05) is 42.1 Å². The third-order valence-electron chi connectivity index (χ3n) is 5.17. The molecule has 1 amide bonds. The Hall–Kier alpha value is -3.58. The molecular weight excluding hydrogens is 434 g/mol. The van der Waals surface area contributed by atoms with Gasteiger partial charge in [-0.3, -0.25) is 14.2 Å². The lowest BCUT2D eigenvalue weighted by Gasteiger charge is -2.14. The summed E-state index contributed by atoms with van der Waals surface area (Å²) in [5.41, 5.74) is 4.26. The maximum atomic E-state index is 13.4. The number of hydrogen-bond donors (Lipinski definition) is 1. The topological polar surface area (TPSA) is 73.2 Å². The fraction of sp³-hybridized carbons (Fsp3) is 0.192. The molecule has 3 aromatic carbocycles. The van der Waals surface area contributed by atoms with E-state index in [0.29, 0.717) is 22.6 Å². The lowest BCUT2D eigenvalue weighted by molar-refractivity contribution is -0.118. The highest BCUT2D eigenvalue weighted by Gasteiger charge is 2.15. The van der Waals surface area contributed by atoms with Crippen LogP contribution in [0.2, 0.25) is 0 Å². The first-order chi connectivity index (χ1) is 15.9. The van der Waals surface area contributed by atoms with E-state index in [1.165, 1.54) is 11.8 Å². The van der Waals surface area contributed by atoms with E-state index in [-0.39, 0.29) is 17.2 Å². The third kappa shape index (κ3) is 5.26. The monoisotopic (exact) mass is 459 g/mol. The van der Waals surface area contributed by atoms with Crippen molar-refractivity contribution in [3.05, 3.63) is 93.8 Å². The van der Waals surface area contributed by atoms with Crippen LogP contribution in [-0.4, -0.2) is 28.3 Å². The molecule has 4 aromatic rings. The number of benzene rings is 3. The van der Waals surface area contributed by atoms with Gasteiger partial charge in [0, 0.05) is 6.54 Å². The third-order valence-corrected chi connectivity index (χ3v) is 6.10. The second kappa shape index (κ2) is 9.92. The van der Waals surface area contributed by atoms with E-state index in [2.05, 4.69) is 11.4 Å². The Labute approximate surface area is 196 Å². The molecule has 0 aliphatic rings. The number of para-hydroxylation sites is 1. The number of ether oxygens (including phenoxy) is 1. The van der Waals surface area contributed by atoms with Crippen LogP contribution in [0.15, 0.2) is 76.7 Å². The van der Waals surface area contributed by atoms with Crippen LogP contribution in [0.3, 0.4) is 0 Å². The fourth-order valence-electron chi connectivity index (χ4n) is 3.68. The van der Waals surface area contributed by atoms with Crippen molar-refractivity contribution in [2.24, 2.45) is 0 Å². The van der Waals surface area contributed by atoms with Gasteiger partial charge < -0.3 is 10.1 Å². The maximum Gasteiger partial charge on any atom is 0.266 e. The highest BCUT2D eigenvalue weighted by Crippen LogP contribution is 2.23. The van der Waals surface area contributed by atoms with Gasteiger partial charge in [0.25, 0.3) is 5.56 Å². The van der Waals surface area contributed by atoms with Gasteiger partial charge in [-0.05, 0) is 66.9 Å². The quantitative estimate of drug-likeness (QED) is 0.327. The summed E-state index contributed by atoms with van der Waals surface area (Å²) in [6.45, 7) is 4.38. The number of amides is 1. The van der Waals surface area contributed by atoms with Crippen molar-refractivity contribution in [2.75, 3.05) is 12.9 Å². The van der Waals surface area contributed by atoms with Crippen LogP contribution < -0.4 is 15.6 Å². The molecule has 33 heavy (non-hydrogen) atoms. The lowest BCUT2D eigenvalue weighted by atomic mass is 10.1. The molecule has 6 nitrogen and oxygen atoms in total. The van der Waals surface area contributed by atoms with E-state index in [1.807, 2.05) is 68.4 Å². The molecule has 1 N–H and O–H groups in total. The standard InChI is InChI=1S/C26H25N3O3S/c1-17-11-18(2)13-20(12-17)29-25(31)22-9-4-5-10-23(22)28-26(29)33-16-24(30)27-15-19-7-6-8-21(14-19)32-3/h4-14H,15-16H2,1-3H3,(H,27,30). The van der Waals surface area contributed by atoms with Crippen LogP contribution in [0, 0.1) is 13.8 Å². The van der Waals surface area contributed by atoms with E-state index in [1.54, 1.807) is 17.7 Å². The number of rotatable bonds is 7. The number of aryl methyl sites for hydroxylation is 2. The Kier molecular flexibility index (Phi) is 6.79. The minimum Gasteiger partial charge on any atom is -0.497 e. The van der Waals surface area contributed by atoms with Crippen molar-refractivity contribution in [3.63, 3.8) is 0 Å². The summed E-state index contributed by atoms with van der Waals surface area (Å²) in [6.07, 6.45) is 0. The van der Waals surface area contributed by atoms with Gasteiger partial charge >= 0.3 is 0 Å². The summed E-state index contributed by atoms with van der Waals surface area (Å²) in [7, 11) is 1.61. The van der Waals surface area contributed by atoms with Gasteiger partial charge in [0.1, 0.15) is 5.75 Å². The number of aromatic nitrogens is 2. The predicted octanol–water partition coefficient (Wildman–Crippen LogP) is 4.42. The van der Waals surface area contributed by atoms with Crippen LogP contribution >= 0.6 is 11.8 Å². The van der Waals surface area contributed by atoms with E-state index in [0.717, 1.165) is 28.1 Å². The molecule has 0 bridgehead atoms. The summed E-state index contributed by atoms with van der Waals surface area (Å²) in [4.78, 5) is 30.7. The van der Waals surface area contributed by atoms with Gasteiger partial charge in [0.05, 0.1) is 29.5 Å². The van der Waals surface area contributed by atoms with Crippen LogP contribution in [-0.2, 0) is 11.3 Å². The van der Waals surface area contributed by atoms with Crippen molar-refractivity contribution in [3.8, 4) is 11.4 Å². The van der Waals surface area contributed by atoms with Crippen molar-refractivity contribution >= 4 is 28.6 Å². The number of methoxy groups -OCH3 is 1. The Bertz CT molecular complexity index is 1360. The first kappa shape index (κ1) is 22.6. The van der Waals surface area contributed by atoms with Gasteiger partial charge in [0.15, 0.2) is 5.16 Å². The van der Waals surface area contributed by atoms with Crippen molar-refractivity contribution in [2.45, 2.75) is 25.5 Å². The predicted molar refractivity (Wildman–Crippen MR) is 132 cm³/mol. The Morgan fingerprint density at radius 1 is 1.03 bits per heavy atom. The van der Waals surface area contributed by atoms with Crippen LogP contribution in [0.1, 0.15) is 16.7 Å². The SMILES string of the molecule is COc1cccc(CNC(=O)CSc2nc3ccccc3c(=O)n2-c2cc(C)cc(C)c2)c1. The highest BCUT2D eigenvalue weighted by atomic mass is 32.2. The fourth-order valence-corrected chi connectivity index (χ4v) is 4.52. The Morgan fingerprint density at radius 3 is 2.55 bits per heavy atom. The summed E-state index contributed by atoms with van der Waals surface area (Å²) >= 11 is 1.25. The molecule has 1 heterocycles. The highest BCUT2D eigenvalue weighted by molar-refractivity contribution is 7.99. The van der Waals surface area contributed by atoms with Gasteiger partial charge in [0.2, 0.25) is 5.91 Å². The molecule has 0 atom stereocenters. The van der Waals surface area contributed by atoms with E-state index >= 15 is 0 Å². The second-order valence-corrected chi connectivity index (χ2v) is 8.76. The first-order valence-electron chi connectivity index (χ1n) is 10.6. The largest absolute Gasteiger partial charge is 0.497 e. The first-order valence-corrected chi connectivity index (χ1v) is 11.6. The van der Waals surface area contributed by atoms with Crippen molar-refractivity contribution < 1.29 is 9.53 Å². The molecule has 7 heteroatoms. The number of nitrogens with zero attached hydrogens (tertiary/aromatic N) is 2. The molecular formula is C26H25N3O3S. The molecule has 0 spiro atoms. The minimum absolute atomic E-state index is 0.138. The molecule has 0 unspecified atom stereocenters. The summed E-state index contributed by atoms with van der Waals surface area (Å²) in [5, 5.41) is 3.95. The maximum absolute atomic E-state index is 13.4. The van der Waals surface area contributed by atoms with Crippen molar-refractivity contribution in [1.82, 2.24) is 14.9 Å². The molecule has 0 radical (unpaired) electrons. The van der Waals surface area contributed by atoms with Gasteiger partial charge in [-0.2, -0.15) is 0 Å². The second-order valence-electron chi connectivity index (χ2n) is 7.81. The van der Waals surface area contributed by atoms with Crippen LogP contribution in [0.5, 0.6) is 5.75 Å². The number of nitrogens with one attached hydrogen (secondary N) is 1. The molecule has 0 aliphatic carbocycles. The molecule has 0 aliphatic heterocycles. The number of hydrogen-bond acceptors (Lipinski definition) is 5. The molecule has 0 saturated carbocycles. The van der Waals surface area contributed by atoms with Crippen LogP contribution in [0.25, 0.3) is 16.6 Å². The summed E-state index contributed by atoms with van der Waals surface area (Å²) in [6, 6.07) is 20.8. The van der Waals surface area contributed by atoms with Gasteiger partial charge in [-0.15, -0.1) is 0 Å². The number of thioether (sulfide) groups is 1. The summed E-state index contributed by atoms with van der Waals surface area (Å²) < 4.78 is 6.83. The normalized spacial score (nSPS) is 10.9. The molecule has 1 aromatic heterocycles. The number of carbonyl (C=O) groups excluding carboxylic acids is 1. The number of fused-ring (bicyclic) bond motifs is 1.